The van der Waals surface area contributed by atoms with E-state index in [9.17, 15) is 14.7 Å². The molecule has 1 saturated heterocycles. The summed E-state index contributed by atoms with van der Waals surface area (Å²) in [6.07, 6.45) is 2.04. The van der Waals surface area contributed by atoms with Crippen LogP contribution in [-0.2, 0) is 11.2 Å². The van der Waals surface area contributed by atoms with Gasteiger partial charge in [0.05, 0.1) is 12.7 Å². The molecule has 3 rings (SSSR count). The van der Waals surface area contributed by atoms with Crippen LogP contribution in [-0.4, -0.2) is 48.1 Å². The van der Waals surface area contributed by atoms with Gasteiger partial charge in [0.25, 0.3) is 5.91 Å². The van der Waals surface area contributed by atoms with E-state index in [-0.39, 0.29) is 23.1 Å². The average molecular weight is 382 g/mol. The molecule has 0 aromatic heterocycles. The molecular weight excluding hydrogens is 356 g/mol. The molecule has 1 aliphatic rings. The zero-order valence-electron chi connectivity index (χ0n) is 16.3. The third-order valence-electron chi connectivity index (χ3n) is 5.08. The van der Waals surface area contributed by atoms with Crippen LogP contribution in [0.25, 0.3) is 0 Å². The Morgan fingerprint density at radius 3 is 2.79 bits per heavy atom. The van der Waals surface area contributed by atoms with E-state index < -0.39 is 6.04 Å². The number of nitrogens with zero attached hydrogens (tertiary/aromatic N) is 1. The van der Waals surface area contributed by atoms with Gasteiger partial charge in [-0.15, -0.1) is 0 Å². The minimum atomic E-state index is -0.508. The molecule has 0 spiro atoms. The third-order valence-corrected chi connectivity index (χ3v) is 5.08. The Morgan fingerprint density at radius 2 is 2.04 bits per heavy atom. The second-order valence-electron chi connectivity index (χ2n) is 7.03. The van der Waals surface area contributed by atoms with Crippen molar-refractivity contribution in [3.63, 3.8) is 0 Å². The van der Waals surface area contributed by atoms with Crippen molar-refractivity contribution >= 4 is 11.8 Å². The number of carbonyl (C=O) groups excluding carboxylic acids is 2. The van der Waals surface area contributed by atoms with E-state index in [0.717, 1.165) is 23.3 Å². The van der Waals surface area contributed by atoms with Gasteiger partial charge < -0.3 is 20.1 Å². The summed E-state index contributed by atoms with van der Waals surface area (Å²) in [5, 5.41) is 12.9. The molecule has 0 aliphatic carbocycles. The number of hydrogen-bond acceptors (Lipinski definition) is 4. The van der Waals surface area contributed by atoms with Crippen LogP contribution in [0.15, 0.2) is 42.5 Å². The number of hydrogen-bond donors (Lipinski definition) is 2. The number of ether oxygens (including phenoxy) is 1. The Bertz CT molecular complexity index is 865. The number of rotatable bonds is 6. The Balaban J connectivity index is 1.62. The van der Waals surface area contributed by atoms with E-state index in [1.165, 1.54) is 6.07 Å². The summed E-state index contributed by atoms with van der Waals surface area (Å²) >= 11 is 0. The minimum absolute atomic E-state index is 0.0647. The number of para-hydroxylation sites is 1. The van der Waals surface area contributed by atoms with Gasteiger partial charge in [-0.25, -0.2) is 0 Å². The van der Waals surface area contributed by atoms with Crippen molar-refractivity contribution in [1.82, 2.24) is 10.2 Å². The highest BCUT2D eigenvalue weighted by Gasteiger charge is 2.35. The summed E-state index contributed by atoms with van der Waals surface area (Å²) < 4.78 is 5.38. The van der Waals surface area contributed by atoms with Gasteiger partial charge in [-0.3, -0.25) is 9.59 Å². The monoisotopic (exact) mass is 382 g/mol. The Morgan fingerprint density at radius 1 is 1.25 bits per heavy atom. The highest BCUT2D eigenvalue weighted by molar-refractivity contribution is 5.99. The first-order valence-electron chi connectivity index (χ1n) is 9.51. The molecule has 6 nitrogen and oxygen atoms in total. The third kappa shape index (κ3) is 4.27. The molecule has 148 valence electrons. The number of likely N-dealkylation sites (tertiary alicyclic amines) is 1. The lowest BCUT2D eigenvalue weighted by atomic mass is 10.1. The molecule has 1 atom stereocenters. The SMILES string of the molecule is COc1ccc(C)cc1CCNC(=O)C1CCCN1C(=O)c1ccccc1O. The fourth-order valence-corrected chi connectivity index (χ4v) is 3.63. The quantitative estimate of drug-likeness (QED) is 0.805. The molecule has 0 bridgehead atoms. The maximum Gasteiger partial charge on any atom is 0.258 e. The van der Waals surface area contributed by atoms with Gasteiger partial charge in [0.15, 0.2) is 0 Å². The molecule has 1 unspecified atom stereocenters. The molecule has 0 saturated carbocycles. The van der Waals surface area contributed by atoms with Gasteiger partial charge in [0, 0.05) is 13.1 Å². The van der Waals surface area contributed by atoms with Gasteiger partial charge in [-0.2, -0.15) is 0 Å². The smallest absolute Gasteiger partial charge is 0.258 e. The predicted molar refractivity (Wildman–Crippen MR) is 107 cm³/mol. The van der Waals surface area contributed by atoms with Gasteiger partial charge in [0.2, 0.25) is 5.91 Å². The summed E-state index contributed by atoms with van der Waals surface area (Å²) in [7, 11) is 1.63. The van der Waals surface area contributed by atoms with Crippen LogP contribution in [0.5, 0.6) is 11.5 Å². The predicted octanol–water partition coefficient (Wildman–Crippen LogP) is 2.67. The van der Waals surface area contributed by atoms with E-state index in [0.29, 0.717) is 25.9 Å². The van der Waals surface area contributed by atoms with E-state index in [4.69, 9.17) is 4.74 Å². The number of aryl methyl sites for hydroxylation is 1. The number of nitrogens with one attached hydrogen (secondary N) is 1. The number of carbonyl (C=O) groups is 2. The van der Waals surface area contributed by atoms with Crippen LogP contribution in [0.1, 0.15) is 34.3 Å². The molecule has 6 heteroatoms. The first-order valence-corrected chi connectivity index (χ1v) is 9.51. The molecule has 1 aliphatic heterocycles. The van der Waals surface area contributed by atoms with Crippen molar-refractivity contribution in [2.45, 2.75) is 32.2 Å². The van der Waals surface area contributed by atoms with Crippen LogP contribution >= 0.6 is 0 Å². The Labute approximate surface area is 165 Å². The number of methoxy groups -OCH3 is 1. The molecule has 2 N–H and O–H groups in total. The van der Waals surface area contributed by atoms with Crippen molar-refractivity contribution in [2.75, 3.05) is 20.2 Å². The highest BCUT2D eigenvalue weighted by Crippen LogP contribution is 2.25. The first kappa shape index (κ1) is 19.7. The number of amides is 2. The maximum absolute atomic E-state index is 12.8. The number of phenols is 1. The van der Waals surface area contributed by atoms with Crippen molar-refractivity contribution in [3.05, 3.63) is 59.2 Å². The maximum atomic E-state index is 12.8. The molecule has 1 heterocycles. The number of benzene rings is 2. The summed E-state index contributed by atoms with van der Waals surface area (Å²) in [6.45, 7) is 2.99. The fourth-order valence-electron chi connectivity index (χ4n) is 3.63. The van der Waals surface area contributed by atoms with E-state index >= 15 is 0 Å². The van der Waals surface area contributed by atoms with Crippen LogP contribution in [0.2, 0.25) is 0 Å². The van der Waals surface area contributed by atoms with Crippen molar-refractivity contribution in [1.29, 1.82) is 0 Å². The van der Waals surface area contributed by atoms with E-state index in [1.54, 1.807) is 30.2 Å². The molecule has 28 heavy (non-hydrogen) atoms. The number of aromatic hydroxyl groups is 1. The van der Waals surface area contributed by atoms with Crippen molar-refractivity contribution in [2.24, 2.45) is 0 Å². The molecule has 0 radical (unpaired) electrons. The van der Waals surface area contributed by atoms with Gasteiger partial charge in [-0.1, -0.05) is 29.8 Å². The highest BCUT2D eigenvalue weighted by atomic mass is 16.5. The lowest BCUT2D eigenvalue weighted by Crippen LogP contribution is -2.46. The zero-order valence-corrected chi connectivity index (χ0v) is 16.3. The topological polar surface area (TPSA) is 78.9 Å². The van der Waals surface area contributed by atoms with E-state index in [2.05, 4.69) is 11.4 Å². The van der Waals surface area contributed by atoms with Crippen LogP contribution in [0.3, 0.4) is 0 Å². The second kappa shape index (κ2) is 8.78. The second-order valence-corrected chi connectivity index (χ2v) is 7.03. The average Bonchev–Trinajstić information content (AvgIpc) is 3.18. The molecule has 2 aromatic rings. The van der Waals surface area contributed by atoms with Crippen LogP contribution < -0.4 is 10.1 Å². The lowest BCUT2D eigenvalue weighted by Gasteiger charge is -2.24. The summed E-state index contributed by atoms with van der Waals surface area (Å²) in [5.41, 5.74) is 2.40. The fraction of sp³-hybridized carbons (Fsp3) is 0.364. The summed E-state index contributed by atoms with van der Waals surface area (Å²) in [5.74, 6) is 0.270. The normalized spacial score (nSPS) is 16.1. The molecule has 2 amide bonds. The standard InChI is InChI=1S/C22H26N2O4/c1-15-9-10-20(28-2)16(14-15)11-12-23-21(26)18-7-5-13-24(18)22(27)17-6-3-4-8-19(17)25/h3-4,6,8-10,14,18,25H,5,7,11-13H2,1-2H3,(H,23,26). The molecular formula is C22H26N2O4. The zero-order chi connectivity index (χ0) is 20.1. The largest absolute Gasteiger partial charge is 0.507 e. The van der Waals surface area contributed by atoms with Gasteiger partial charge in [0.1, 0.15) is 17.5 Å². The number of phenolic OH excluding ortho intramolecular Hbond substituents is 1. The van der Waals surface area contributed by atoms with Crippen molar-refractivity contribution < 1.29 is 19.4 Å². The van der Waals surface area contributed by atoms with Crippen LogP contribution in [0, 0.1) is 6.92 Å². The Hall–Kier alpha value is -3.02. The Kier molecular flexibility index (Phi) is 6.19. The molecule has 2 aromatic carbocycles. The minimum Gasteiger partial charge on any atom is -0.507 e. The van der Waals surface area contributed by atoms with Crippen LogP contribution in [0.4, 0.5) is 0 Å². The van der Waals surface area contributed by atoms with Gasteiger partial charge in [-0.05, 0) is 49.9 Å². The van der Waals surface area contributed by atoms with Crippen molar-refractivity contribution in [3.8, 4) is 11.5 Å². The lowest BCUT2D eigenvalue weighted by molar-refractivity contribution is -0.124. The summed E-state index contributed by atoms with van der Waals surface area (Å²) in [4.78, 5) is 27.0. The molecule has 1 fully saturated rings. The van der Waals surface area contributed by atoms with E-state index in [1.807, 2.05) is 19.1 Å². The first-order chi connectivity index (χ1) is 13.5. The summed E-state index contributed by atoms with van der Waals surface area (Å²) in [6, 6.07) is 11.9. The van der Waals surface area contributed by atoms with Gasteiger partial charge >= 0.3 is 0 Å².